The number of rotatable bonds is 4. The molecule has 0 bridgehead atoms. The van der Waals surface area contributed by atoms with E-state index in [2.05, 4.69) is 4.84 Å². The number of esters is 1. The molecule has 0 radical (unpaired) electrons. The second kappa shape index (κ2) is 5.87. The van der Waals surface area contributed by atoms with Crippen LogP contribution in [0.15, 0.2) is 24.3 Å². The highest BCUT2D eigenvalue weighted by Crippen LogP contribution is 2.11. The van der Waals surface area contributed by atoms with E-state index in [0.717, 1.165) is 6.42 Å². The Bertz CT molecular complexity index is 389. The van der Waals surface area contributed by atoms with Crippen LogP contribution in [0.25, 0.3) is 0 Å². The zero-order chi connectivity index (χ0) is 12.0. The smallest absolute Gasteiger partial charge is 0.357 e. The van der Waals surface area contributed by atoms with Crippen molar-refractivity contribution in [3.05, 3.63) is 35.4 Å². The van der Waals surface area contributed by atoms with Gasteiger partial charge in [-0.25, -0.2) is 9.59 Å². The van der Waals surface area contributed by atoms with Gasteiger partial charge in [-0.05, 0) is 18.6 Å². The van der Waals surface area contributed by atoms with Gasteiger partial charge in [0, 0.05) is 0 Å². The summed E-state index contributed by atoms with van der Waals surface area (Å²) in [5.41, 5.74) is 0.262. The van der Waals surface area contributed by atoms with Gasteiger partial charge in [0.25, 0.3) is 0 Å². The van der Waals surface area contributed by atoms with Gasteiger partial charge in [-0.2, -0.15) is 5.90 Å². The molecule has 86 valence electrons. The van der Waals surface area contributed by atoms with Crippen molar-refractivity contribution in [3.8, 4) is 0 Å². The Hall–Kier alpha value is -1.88. The van der Waals surface area contributed by atoms with Crippen LogP contribution in [0.2, 0.25) is 0 Å². The first-order valence-corrected chi connectivity index (χ1v) is 4.88. The lowest BCUT2D eigenvalue weighted by atomic mass is 10.1. The Morgan fingerprint density at radius 2 is 1.75 bits per heavy atom. The minimum Gasteiger partial charge on any atom is -0.462 e. The van der Waals surface area contributed by atoms with Crippen LogP contribution in [-0.4, -0.2) is 18.5 Å². The van der Waals surface area contributed by atoms with Crippen LogP contribution in [0.3, 0.4) is 0 Å². The standard InChI is InChI=1S/C11H13NO4/c1-2-7-15-10(13)8-5-3-4-6-9(8)11(14)16-12/h3-6H,2,7,12H2,1H3. The number of hydrogen-bond donors (Lipinski definition) is 1. The molecule has 0 saturated heterocycles. The number of carbonyl (C=O) groups is 2. The van der Waals surface area contributed by atoms with Gasteiger partial charge in [-0.15, -0.1) is 0 Å². The monoisotopic (exact) mass is 223 g/mol. The average Bonchev–Trinajstić information content (AvgIpc) is 2.35. The molecule has 0 atom stereocenters. The van der Waals surface area contributed by atoms with Gasteiger partial charge in [0.1, 0.15) is 0 Å². The normalized spacial score (nSPS) is 9.62. The molecule has 0 heterocycles. The summed E-state index contributed by atoms with van der Waals surface area (Å²) < 4.78 is 4.93. The van der Waals surface area contributed by atoms with Gasteiger partial charge in [0.05, 0.1) is 17.7 Å². The molecule has 0 aliphatic carbocycles. The fourth-order valence-electron chi connectivity index (χ4n) is 1.18. The molecule has 0 unspecified atom stereocenters. The summed E-state index contributed by atoms with van der Waals surface area (Å²) in [5.74, 6) is 3.46. The second-order valence-electron chi connectivity index (χ2n) is 3.09. The summed E-state index contributed by atoms with van der Waals surface area (Å²) in [6, 6.07) is 6.20. The highest BCUT2D eigenvalue weighted by Gasteiger charge is 2.18. The lowest BCUT2D eigenvalue weighted by molar-refractivity contribution is 0.0457. The van der Waals surface area contributed by atoms with Gasteiger partial charge in [0.2, 0.25) is 0 Å². The minimum atomic E-state index is -0.760. The topological polar surface area (TPSA) is 78.6 Å². The van der Waals surface area contributed by atoms with Crippen LogP contribution in [0.1, 0.15) is 34.1 Å². The van der Waals surface area contributed by atoms with Crippen LogP contribution < -0.4 is 5.90 Å². The first-order chi connectivity index (χ1) is 7.70. The van der Waals surface area contributed by atoms with E-state index in [-0.39, 0.29) is 11.1 Å². The molecule has 1 aromatic carbocycles. The average molecular weight is 223 g/mol. The number of nitrogens with two attached hydrogens (primary N) is 1. The van der Waals surface area contributed by atoms with E-state index in [1.165, 1.54) is 12.1 Å². The van der Waals surface area contributed by atoms with Gasteiger partial charge < -0.3 is 9.57 Å². The predicted octanol–water partition coefficient (Wildman–Crippen LogP) is 1.28. The van der Waals surface area contributed by atoms with Gasteiger partial charge >= 0.3 is 11.9 Å². The van der Waals surface area contributed by atoms with Gasteiger partial charge in [-0.1, -0.05) is 19.1 Å². The maximum Gasteiger partial charge on any atom is 0.357 e. The summed E-state index contributed by atoms with van der Waals surface area (Å²) in [5, 5.41) is 0. The molecule has 0 amide bonds. The summed E-state index contributed by atoms with van der Waals surface area (Å²) >= 11 is 0. The third-order valence-electron chi connectivity index (χ3n) is 1.91. The molecule has 0 spiro atoms. The Labute approximate surface area is 93.1 Å². The van der Waals surface area contributed by atoms with Crippen LogP contribution in [-0.2, 0) is 9.57 Å². The minimum absolute atomic E-state index is 0.103. The number of ether oxygens (including phenoxy) is 1. The molecular weight excluding hydrogens is 210 g/mol. The quantitative estimate of drug-likeness (QED) is 0.614. The number of carbonyl (C=O) groups excluding carboxylic acids is 2. The van der Waals surface area contributed by atoms with E-state index < -0.39 is 11.9 Å². The molecule has 0 saturated carbocycles. The highest BCUT2D eigenvalue weighted by atomic mass is 16.7. The summed E-state index contributed by atoms with van der Waals surface area (Å²) in [7, 11) is 0. The third-order valence-corrected chi connectivity index (χ3v) is 1.91. The number of benzene rings is 1. The van der Waals surface area contributed by atoms with Crippen molar-refractivity contribution >= 4 is 11.9 Å². The fourth-order valence-corrected chi connectivity index (χ4v) is 1.18. The molecule has 0 aromatic heterocycles. The Morgan fingerprint density at radius 1 is 1.19 bits per heavy atom. The molecule has 0 aliphatic heterocycles. The maximum atomic E-state index is 11.6. The molecule has 0 aliphatic rings. The lowest BCUT2D eigenvalue weighted by Crippen LogP contribution is -2.16. The second-order valence-corrected chi connectivity index (χ2v) is 3.09. The van der Waals surface area contributed by atoms with Crippen molar-refractivity contribution in [3.63, 3.8) is 0 Å². The largest absolute Gasteiger partial charge is 0.462 e. The van der Waals surface area contributed by atoms with E-state index in [4.69, 9.17) is 10.6 Å². The first kappa shape index (κ1) is 12.2. The van der Waals surface area contributed by atoms with Crippen LogP contribution in [0, 0.1) is 0 Å². The molecule has 5 nitrogen and oxygen atoms in total. The van der Waals surface area contributed by atoms with E-state index in [1.807, 2.05) is 6.92 Å². The van der Waals surface area contributed by atoms with E-state index in [1.54, 1.807) is 12.1 Å². The highest BCUT2D eigenvalue weighted by molar-refractivity contribution is 6.02. The van der Waals surface area contributed by atoms with Crippen LogP contribution >= 0.6 is 0 Å². The zero-order valence-electron chi connectivity index (χ0n) is 8.93. The van der Waals surface area contributed by atoms with Crippen molar-refractivity contribution < 1.29 is 19.2 Å². The van der Waals surface area contributed by atoms with Crippen molar-refractivity contribution in [1.82, 2.24) is 0 Å². The van der Waals surface area contributed by atoms with Crippen molar-refractivity contribution in [2.24, 2.45) is 5.90 Å². The van der Waals surface area contributed by atoms with Crippen molar-refractivity contribution in [2.45, 2.75) is 13.3 Å². The van der Waals surface area contributed by atoms with Gasteiger partial charge in [0.15, 0.2) is 0 Å². The van der Waals surface area contributed by atoms with Crippen LogP contribution in [0.4, 0.5) is 0 Å². The van der Waals surface area contributed by atoms with E-state index in [9.17, 15) is 9.59 Å². The van der Waals surface area contributed by atoms with E-state index in [0.29, 0.717) is 6.61 Å². The van der Waals surface area contributed by atoms with E-state index >= 15 is 0 Å². The van der Waals surface area contributed by atoms with Crippen molar-refractivity contribution in [2.75, 3.05) is 6.61 Å². The Morgan fingerprint density at radius 3 is 2.25 bits per heavy atom. The van der Waals surface area contributed by atoms with Crippen molar-refractivity contribution in [1.29, 1.82) is 0 Å². The molecular formula is C11H13NO4. The maximum absolute atomic E-state index is 11.6. The molecule has 2 N–H and O–H groups in total. The van der Waals surface area contributed by atoms with Gasteiger partial charge in [-0.3, -0.25) is 0 Å². The summed E-state index contributed by atoms with van der Waals surface area (Å²) in [4.78, 5) is 26.9. The fraction of sp³-hybridized carbons (Fsp3) is 0.273. The summed E-state index contributed by atoms with van der Waals surface area (Å²) in [6.45, 7) is 2.19. The predicted molar refractivity (Wildman–Crippen MR) is 56.6 cm³/mol. The molecule has 16 heavy (non-hydrogen) atoms. The lowest BCUT2D eigenvalue weighted by Gasteiger charge is -2.06. The third kappa shape index (κ3) is 2.80. The Balaban J connectivity index is 2.94. The SMILES string of the molecule is CCCOC(=O)c1ccccc1C(=O)ON. The summed E-state index contributed by atoms with van der Waals surface area (Å²) in [6.07, 6.45) is 0.718. The number of hydrogen-bond acceptors (Lipinski definition) is 5. The molecule has 5 heteroatoms. The molecule has 1 rings (SSSR count). The molecule has 1 aromatic rings. The first-order valence-electron chi connectivity index (χ1n) is 4.88. The zero-order valence-corrected chi connectivity index (χ0v) is 8.93. The molecule has 0 fully saturated rings. The van der Waals surface area contributed by atoms with Crippen LogP contribution in [0.5, 0.6) is 0 Å². The Kier molecular flexibility index (Phi) is 4.47.